The Hall–Kier alpha value is -3.60. The zero-order valence-electron chi connectivity index (χ0n) is 15.9. The molecule has 0 saturated heterocycles. The van der Waals surface area contributed by atoms with E-state index in [1.165, 1.54) is 6.08 Å². The summed E-state index contributed by atoms with van der Waals surface area (Å²) in [6.45, 7) is 3.74. The molecule has 5 heteroatoms. The maximum Gasteiger partial charge on any atom is 0.276 e. The van der Waals surface area contributed by atoms with Crippen LogP contribution in [0.4, 0.5) is 0 Å². The van der Waals surface area contributed by atoms with E-state index in [0.717, 1.165) is 27.5 Å². The summed E-state index contributed by atoms with van der Waals surface area (Å²) in [6, 6.07) is 19.6. The molecule has 142 valence electrons. The number of carbonyl (C=O) groups excluding carboxylic acids is 2. The van der Waals surface area contributed by atoms with Gasteiger partial charge in [0.05, 0.1) is 0 Å². The lowest BCUT2D eigenvalue weighted by atomic mass is 10.0. The molecule has 2 N–H and O–H groups in total. The van der Waals surface area contributed by atoms with E-state index >= 15 is 0 Å². The van der Waals surface area contributed by atoms with Crippen LogP contribution >= 0.6 is 0 Å². The molecule has 0 radical (unpaired) electrons. The molecule has 0 aliphatic rings. The third-order valence-corrected chi connectivity index (χ3v) is 4.13. The average molecular weight is 374 g/mol. The molecule has 0 bridgehead atoms. The molecule has 0 atom stereocenters. The summed E-state index contributed by atoms with van der Waals surface area (Å²) in [4.78, 5) is 23.8. The average Bonchev–Trinajstić information content (AvgIpc) is 2.68. The number of hydrogen-bond donors (Lipinski definition) is 2. The molecule has 28 heavy (non-hydrogen) atoms. The van der Waals surface area contributed by atoms with E-state index in [2.05, 4.69) is 10.9 Å². The second-order valence-electron chi connectivity index (χ2n) is 6.55. The largest absolute Gasteiger partial charge is 0.484 e. The fourth-order valence-corrected chi connectivity index (χ4v) is 2.94. The van der Waals surface area contributed by atoms with Crippen molar-refractivity contribution in [3.05, 3.63) is 83.4 Å². The molecular formula is C23H22N2O3. The summed E-state index contributed by atoms with van der Waals surface area (Å²) in [7, 11) is 0. The number of carbonyl (C=O) groups is 2. The number of ether oxygens (including phenoxy) is 1. The molecule has 3 aromatic carbocycles. The topological polar surface area (TPSA) is 67.4 Å². The Bertz CT molecular complexity index is 1020. The summed E-state index contributed by atoms with van der Waals surface area (Å²) in [5, 5.41) is 2.15. The molecule has 0 spiro atoms. The standard InChI is InChI=1S/C23H22N2O3/c1-16-12-17(2)14-20(13-16)28-15-23(27)25-24-22(26)11-10-19-8-5-7-18-6-3-4-9-21(18)19/h3-14H,15H2,1-2H3,(H,24,26)(H,25,27)/b11-10+. The van der Waals surface area contributed by atoms with E-state index in [4.69, 9.17) is 4.74 Å². The Morgan fingerprint density at radius 3 is 2.43 bits per heavy atom. The van der Waals surface area contributed by atoms with Crippen LogP contribution < -0.4 is 15.6 Å². The van der Waals surface area contributed by atoms with Gasteiger partial charge in [-0.1, -0.05) is 48.5 Å². The van der Waals surface area contributed by atoms with Gasteiger partial charge in [0.1, 0.15) is 5.75 Å². The first kappa shape index (κ1) is 19.2. The normalized spacial score (nSPS) is 10.8. The Morgan fingerprint density at radius 1 is 0.929 bits per heavy atom. The van der Waals surface area contributed by atoms with Crippen LogP contribution in [0.5, 0.6) is 5.75 Å². The number of fused-ring (bicyclic) bond motifs is 1. The molecule has 0 unspecified atom stereocenters. The minimum Gasteiger partial charge on any atom is -0.484 e. The van der Waals surface area contributed by atoms with Crippen LogP contribution in [0.2, 0.25) is 0 Å². The number of hydrazine groups is 1. The fraction of sp³-hybridized carbons (Fsp3) is 0.130. The number of amides is 2. The summed E-state index contributed by atoms with van der Waals surface area (Å²) < 4.78 is 5.46. The highest BCUT2D eigenvalue weighted by Gasteiger charge is 2.05. The van der Waals surface area contributed by atoms with Crippen molar-refractivity contribution in [2.75, 3.05) is 6.61 Å². The maximum atomic E-state index is 12.0. The summed E-state index contributed by atoms with van der Waals surface area (Å²) in [5.41, 5.74) is 7.74. The summed E-state index contributed by atoms with van der Waals surface area (Å²) in [5.74, 6) is -0.242. The first-order chi connectivity index (χ1) is 13.5. The van der Waals surface area contributed by atoms with Crippen LogP contribution in [-0.2, 0) is 9.59 Å². The molecule has 0 aliphatic carbocycles. The van der Waals surface area contributed by atoms with Crippen LogP contribution in [0.1, 0.15) is 16.7 Å². The lowest BCUT2D eigenvalue weighted by Crippen LogP contribution is -2.43. The van der Waals surface area contributed by atoms with Crippen LogP contribution in [-0.4, -0.2) is 18.4 Å². The van der Waals surface area contributed by atoms with Gasteiger partial charge in [-0.3, -0.25) is 20.4 Å². The second kappa shape index (κ2) is 8.86. The molecule has 0 heterocycles. The van der Waals surface area contributed by atoms with Gasteiger partial charge in [-0.15, -0.1) is 0 Å². The van der Waals surface area contributed by atoms with Crippen LogP contribution in [0.3, 0.4) is 0 Å². The zero-order valence-corrected chi connectivity index (χ0v) is 15.9. The molecular weight excluding hydrogens is 352 g/mol. The number of aryl methyl sites for hydroxylation is 2. The van der Waals surface area contributed by atoms with Gasteiger partial charge in [0, 0.05) is 6.08 Å². The highest BCUT2D eigenvalue weighted by Crippen LogP contribution is 2.19. The lowest BCUT2D eigenvalue weighted by Gasteiger charge is -2.09. The minimum absolute atomic E-state index is 0.184. The van der Waals surface area contributed by atoms with Crippen molar-refractivity contribution in [3.63, 3.8) is 0 Å². The number of hydrogen-bond acceptors (Lipinski definition) is 3. The number of nitrogens with one attached hydrogen (secondary N) is 2. The van der Waals surface area contributed by atoms with Crippen LogP contribution in [0.15, 0.2) is 66.7 Å². The third kappa shape index (κ3) is 5.20. The van der Waals surface area contributed by atoms with Crippen molar-refractivity contribution >= 4 is 28.7 Å². The molecule has 3 rings (SSSR count). The molecule has 3 aromatic rings. The third-order valence-electron chi connectivity index (χ3n) is 4.13. The quantitative estimate of drug-likeness (QED) is 0.529. The van der Waals surface area contributed by atoms with Gasteiger partial charge in [0.25, 0.3) is 11.8 Å². The Morgan fingerprint density at radius 2 is 1.64 bits per heavy atom. The SMILES string of the molecule is Cc1cc(C)cc(OCC(=O)NNC(=O)/C=C/c2cccc3ccccc23)c1. The lowest BCUT2D eigenvalue weighted by molar-refractivity contribution is -0.128. The monoisotopic (exact) mass is 374 g/mol. The van der Waals surface area contributed by atoms with Crippen LogP contribution in [0, 0.1) is 13.8 Å². The molecule has 0 saturated carbocycles. The number of benzene rings is 3. The van der Waals surface area contributed by atoms with E-state index in [-0.39, 0.29) is 6.61 Å². The molecule has 0 aromatic heterocycles. The van der Waals surface area contributed by atoms with Gasteiger partial charge in [0.2, 0.25) is 0 Å². The summed E-state index contributed by atoms with van der Waals surface area (Å²) in [6.07, 6.45) is 3.10. The van der Waals surface area contributed by atoms with Crippen molar-refractivity contribution < 1.29 is 14.3 Å². The van der Waals surface area contributed by atoms with Gasteiger partial charge in [-0.2, -0.15) is 0 Å². The van der Waals surface area contributed by atoms with Crippen molar-refractivity contribution in [2.24, 2.45) is 0 Å². The number of rotatable bonds is 5. The first-order valence-electron chi connectivity index (χ1n) is 8.97. The Labute approximate surface area is 164 Å². The highest BCUT2D eigenvalue weighted by atomic mass is 16.5. The maximum absolute atomic E-state index is 12.0. The molecule has 0 fully saturated rings. The van der Waals surface area contributed by atoms with E-state index in [1.54, 1.807) is 6.08 Å². The second-order valence-corrected chi connectivity index (χ2v) is 6.55. The summed E-state index contributed by atoms with van der Waals surface area (Å²) >= 11 is 0. The molecule has 0 aliphatic heterocycles. The van der Waals surface area contributed by atoms with E-state index in [1.807, 2.05) is 74.5 Å². The van der Waals surface area contributed by atoms with Gasteiger partial charge in [0.15, 0.2) is 6.61 Å². The minimum atomic E-state index is -0.439. The van der Waals surface area contributed by atoms with E-state index in [0.29, 0.717) is 5.75 Å². The van der Waals surface area contributed by atoms with Crippen molar-refractivity contribution in [1.82, 2.24) is 10.9 Å². The predicted octanol–water partition coefficient (Wildman–Crippen LogP) is 3.70. The fourth-order valence-electron chi connectivity index (χ4n) is 2.94. The Kier molecular flexibility index (Phi) is 6.07. The zero-order chi connectivity index (χ0) is 19.9. The molecule has 2 amide bonds. The van der Waals surface area contributed by atoms with Crippen molar-refractivity contribution in [2.45, 2.75) is 13.8 Å². The van der Waals surface area contributed by atoms with Gasteiger partial charge >= 0.3 is 0 Å². The first-order valence-corrected chi connectivity index (χ1v) is 8.97. The predicted molar refractivity (Wildman–Crippen MR) is 111 cm³/mol. The van der Waals surface area contributed by atoms with Crippen molar-refractivity contribution in [1.29, 1.82) is 0 Å². The van der Waals surface area contributed by atoms with Gasteiger partial charge in [-0.05, 0) is 59.5 Å². The highest BCUT2D eigenvalue weighted by molar-refractivity contribution is 5.97. The van der Waals surface area contributed by atoms with Crippen LogP contribution in [0.25, 0.3) is 16.8 Å². The van der Waals surface area contributed by atoms with Gasteiger partial charge < -0.3 is 4.74 Å². The van der Waals surface area contributed by atoms with E-state index < -0.39 is 11.8 Å². The van der Waals surface area contributed by atoms with E-state index in [9.17, 15) is 9.59 Å². The smallest absolute Gasteiger partial charge is 0.276 e. The van der Waals surface area contributed by atoms with Gasteiger partial charge in [-0.25, -0.2) is 0 Å². The Balaban J connectivity index is 1.50. The molecule has 5 nitrogen and oxygen atoms in total. The van der Waals surface area contributed by atoms with Crippen molar-refractivity contribution in [3.8, 4) is 5.75 Å².